The van der Waals surface area contributed by atoms with Crippen molar-refractivity contribution in [3.63, 3.8) is 0 Å². The summed E-state index contributed by atoms with van der Waals surface area (Å²) in [5, 5.41) is 9.02. The summed E-state index contributed by atoms with van der Waals surface area (Å²) in [7, 11) is 0. The zero-order valence-corrected chi connectivity index (χ0v) is 15.1. The van der Waals surface area contributed by atoms with Crippen molar-refractivity contribution in [2.45, 2.75) is 25.9 Å². The van der Waals surface area contributed by atoms with E-state index in [1.807, 2.05) is 25.1 Å². The lowest BCUT2D eigenvalue weighted by Gasteiger charge is -2.33. The van der Waals surface area contributed by atoms with E-state index in [-0.39, 0.29) is 6.10 Å². The molecule has 0 saturated carbocycles. The Bertz CT molecular complexity index is 955. The summed E-state index contributed by atoms with van der Waals surface area (Å²) in [4.78, 5) is 11.2. The summed E-state index contributed by atoms with van der Waals surface area (Å²) >= 11 is 0. The van der Waals surface area contributed by atoms with Gasteiger partial charge >= 0.3 is 0 Å². The predicted octanol–water partition coefficient (Wildman–Crippen LogP) is 3.96. The second-order valence-corrected chi connectivity index (χ2v) is 6.63. The Morgan fingerprint density at radius 1 is 1.22 bits per heavy atom. The van der Waals surface area contributed by atoms with Crippen LogP contribution in [0.1, 0.15) is 24.0 Å². The van der Waals surface area contributed by atoms with Gasteiger partial charge in [-0.3, -0.25) is 0 Å². The maximum atomic E-state index is 9.02. The first kappa shape index (κ1) is 17.1. The molecule has 6 heteroatoms. The maximum absolute atomic E-state index is 9.02. The SMILES string of the molecule is Cc1c(-c2ccoc2)ncnc1N1CCC(Oc2cccc(C#N)c2)CC1. The largest absolute Gasteiger partial charge is 0.490 e. The van der Waals surface area contributed by atoms with Crippen molar-refractivity contribution in [2.24, 2.45) is 0 Å². The second-order valence-electron chi connectivity index (χ2n) is 6.63. The van der Waals surface area contributed by atoms with Gasteiger partial charge in [-0.25, -0.2) is 9.97 Å². The molecule has 3 heterocycles. The Kier molecular flexibility index (Phi) is 4.75. The van der Waals surface area contributed by atoms with Crippen LogP contribution < -0.4 is 9.64 Å². The summed E-state index contributed by atoms with van der Waals surface area (Å²) in [5.41, 5.74) is 3.54. The molecule has 1 fully saturated rings. The number of nitrogens with zero attached hydrogens (tertiary/aromatic N) is 4. The minimum absolute atomic E-state index is 0.144. The molecule has 0 amide bonds. The van der Waals surface area contributed by atoms with Crippen LogP contribution in [0.5, 0.6) is 5.75 Å². The lowest BCUT2D eigenvalue weighted by molar-refractivity contribution is 0.170. The van der Waals surface area contributed by atoms with Gasteiger partial charge in [0, 0.05) is 37.1 Å². The quantitative estimate of drug-likeness (QED) is 0.701. The van der Waals surface area contributed by atoms with Crippen molar-refractivity contribution in [1.29, 1.82) is 5.26 Å². The molecule has 0 atom stereocenters. The third-order valence-electron chi connectivity index (χ3n) is 4.86. The number of ether oxygens (including phenoxy) is 1. The minimum atomic E-state index is 0.144. The number of rotatable bonds is 4. The van der Waals surface area contributed by atoms with Crippen molar-refractivity contribution < 1.29 is 9.15 Å². The van der Waals surface area contributed by atoms with Crippen LogP contribution in [0.2, 0.25) is 0 Å². The maximum Gasteiger partial charge on any atom is 0.135 e. The fourth-order valence-corrected chi connectivity index (χ4v) is 3.47. The van der Waals surface area contributed by atoms with Gasteiger partial charge in [0.15, 0.2) is 0 Å². The Hall–Kier alpha value is -3.33. The van der Waals surface area contributed by atoms with Crippen LogP contribution in [0.3, 0.4) is 0 Å². The van der Waals surface area contributed by atoms with E-state index >= 15 is 0 Å². The molecule has 6 nitrogen and oxygen atoms in total. The minimum Gasteiger partial charge on any atom is -0.490 e. The lowest BCUT2D eigenvalue weighted by Crippen LogP contribution is -2.39. The van der Waals surface area contributed by atoms with E-state index in [0.717, 1.165) is 54.3 Å². The number of hydrogen-bond donors (Lipinski definition) is 0. The van der Waals surface area contributed by atoms with E-state index in [4.69, 9.17) is 14.4 Å². The molecule has 0 spiro atoms. The fourth-order valence-electron chi connectivity index (χ4n) is 3.47. The Morgan fingerprint density at radius 3 is 2.81 bits per heavy atom. The Labute approximate surface area is 158 Å². The van der Waals surface area contributed by atoms with E-state index in [9.17, 15) is 0 Å². The van der Waals surface area contributed by atoms with Crippen LogP contribution in [0.15, 0.2) is 53.6 Å². The van der Waals surface area contributed by atoms with Crippen LogP contribution in [-0.4, -0.2) is 29.2 Å². The van der Waals surface area contributed by atoms with Gasteiger partial charge < -0.3 is 14.1 Å². The molecule has 1 aromatic carbocycles. The van der Waals surface area contributed by atoms with Gasteiger partial charge in [0.1, 0.15) is 24.0 Å². The first-order valence-corrected chi connectivity index (χ1v) is 9.00. The highest BCUT2D eigenvalue weighted by atomic mass is 16.5. The summed E-state index contributed by atoms with van der Waals surface area (Å²) in [6.45, 7) is 3.78. The van der Waals surface area contributed by atoms with Gasteiger partial charge in [-0.1, -0.05) is 6.07 Å². The fraction of sp³-hybridized carbons (Fsp3) is 0.286. The number of nitriles is 1. The molecule has 0 unspecified atom stereocenters. The molecular formula is C21H20N4O2. The van der Waals surface area contributed by atoms with Gasteiger partial charge in [0.2, 0.25) is 0 Å². The van der Waals surface area contributed by atoms with Crippen molar-refractivity contribution in [1.82, 2.24) is 9.97 Å². The molecule has 27 heavy (non-hydrogen) atoms. The monoisotopic (exact) mass is 360 g/mol. The van der Waals surface area contributed by atoms with Crippen molar-refractivity contribution in [3.05, 3.63) is 60.3 Å². The zero-order valence-electron chi connectivity index (χ0n) is 15.1. The number of benzene rings is 1. The number of piperidine rings is 1. The number of hydrogen-bond acceptors (Lipinski definition) is 6. The topological polar surface area (TPSA) is 75.2 Å². The highest BCUT2D eigenvalue weighted by molar-refractivity contribution is 5.67. The molecule has 136 valence electrons. The van der Waals surface area contributed by atoms with Gasteiger partial charge in [0.25, 0.3) is 0 Å². The molecule has 1 aliphatic heterocycles. The van der Waals surface area contributed by atoms with Gasteiger partial charge in [-0.05, 0) is 31.2 Å². The highest BCUT2D eigenvalue weighted by Gasteiger charge is 2.24. The average Bonchev–Trinajstić information content (AvgIpc) is 3.24. The van der Waals surface area contributed by atoms with Gasteiger partial charge in [-0.15, -0.1) is 0 Å². The molecule has 1 saturated heterocycles. The van der Waals surface area contributed by atoms with Crippen molar-refractivity contribution >= 4 is 5.82 Å². The summed E-state index contributed by atoms with van der Waals surface area (Å²) in [6, 6.07) is 11.4. The molecule has 0 radical (unpaired) electrons. The lowest BCUT2D eigenvalue weighted by atomic mass is 10.1. The molecule has 0 N–H and O–H groups in total. The normalized spacial score (nSPS) is 14.7. The van der Waals surface area contributed by atoms with Crippen molar-refractivity contribution in [2.75, 3.05) is 18.0 Å². The Balaban J connectivity index is 1.44. The first-order chi connectivity index (χ1) is 13.2. The molecule has 3 aromatic rings. The van der Waals surface area contributed by atoms with Gasteiger partial charge in [0.05, 0.1) is 29.9 Å². The van der Waals surface area contributed by atoms with Crippen LogP contribution >= 0.6 is 0 Å². The smallest absolute Gasteiger partial charge is 0.135 e. The standard InChI is InChI=1S/C21H20N4O2/c1-15-20(17-7-10-26-13-17)23-14-24-21(15)25-8-5-18(6-9-25)27-19-4-2-3-16(11-19)12-22/h2-4,7,10-11,13-14,18H,5-6,8-9H2,1H3. The molecule has 4 rings (SSSR count). The third-order valence-corrected chi connectivity index (χ3v) is 4.86. The van der Waals surface area contributed by atoms with E-state index in [0.29, 0.717) is 5.56 Å². The number of aromatic nitrogens is 2. The summed E-state index contributed by atoms with van der Waals surface area (Å²) in [5.74, 6) is 1.72. The molecule has 0 aliphatic carbocycles. The van der Waals surface area contributed by atoms with E-state index in [2.05, 4.69) is 20.9 Å². The first-order valence-electron chi connectivity index (χ1n) is 9.00. The summed E-state index contributed by atoms with van der Waals surface area (Å²) in [6.07, 6.45) is 6.92. The predicted molar refractivity (Wildman–Crippen MR) is 101 cm³/mol. The Morgan fingerprint density at radius 2 is 2.07 bits per heavy atom. The second kappa shape index (κ2) is 7.50. The van der Waals surface area contributed by atoms with Crippen LogP contribution in [-0.2, 0) is 0 Å². The van der Waals surface area contributed by atoms with Crippen LogP contribution in [0, 0.1) is 18.3 Å². The molecular weight excluding hydrogens is 340 g/mol. The van der Waals surface area contributed by atoms with Gasteiger partial charge in [-0.2, -0.15) is 5.26 Å². The van der Waals surface area contributed by atoms with E-state index in [1.165, 1.54) is 0 Å². The summed E-state index contributed by atoms with van der Waals surface area (Å²) < 4.78 is 11.3. The van der Waals surface area contributed by atoms with Crippen LogP contribution in [0.4, 0.5) is 5.82 Å². The zero-order chi connectivity index (χ0) is 18.6. The van der Waals surface area contributed by atoms with Crippen LogP contribution in [0.25, 0.3) is 11.3 Å². The third kappa shape index (κ3) is 3.63. The van der Waals surface area contributed by atoms with Crippen molar-refractivity contribution in [3.8, 4) is 23.1 Å². The number of anilines is 1. The highest BCUT2D eigenvalue weighted by Crippen LogP contribution is 2.29. The molecule has 2 aromatic heterocycles. The average molecular weight is 360 g/mol. The van der Waals surface area contributed by atoms with E-state index < -0.39 is 0 Å². The molecule has 0 bridgehead atoms. The molecule has 1 aliphatic rings. The number of furan rings is 1. The van der Waals surface area contributed by atoms with E-state index in [1.54, 1.807) is 31.0 Å².